The molecule has 0 aromatic rings. The molecule has 0 unspecified atom stereocenters. The third kappa shape index (κ3) is 1.58. The van der Waals surface area contributed by atoms with Crippen molar-refractivity contribution in [3.63, 3.8) is 0 Å². The van der Waals surface area contributed by atoms with Crippen LogP contribution in [-0.4, -0.2) is 19.9 Å². The van der Waals surface area contributed by atoms with Gasteiger partial charge in [-0.25, -0.2) is 8.42 Å². The molecule has 10 heavy (non-hydrogen) atoms. The number of allylic oxidation sites excluding steroid dienone is 1. The lowest BCUT2D eigenvalue weighted by atomic mass is 10.2. The second-order valence-corrected chi connectivity index (χ2v) is 4.43. The highest BCUT2D eigenvalue weighted by Crippen LogP contribution is 2.10. The van der Waals surface area contributed by atoms with Crippen LogP contribution in [0.25, 0.3) is 0 Å². The van der Waals surface area contributed by atoms with Crippen molar-refractivity contribution in [1.29, 1.82) is 5.26 Å². The second-order valence-electron chi connectivity index (χ2n) is 2.21. The Morgan fingerprint density at radius 3 is 2.70 bits per heavy atom. The molecular weight excluding hydrogens is 150 g/mol. The molecule has 0 aromatic carbocycles. The van der Waals surface area contributed by atoms with E-state index in [4.69, 9.17) is 5.26 Å². The first-order valence-electron chi connectivity index (χ1n) is 2.93. The number of nitriles is 1. The minimum absolute atomic E-state index is 0.0376. The third-order valence-electron chi connectivity index (χ3n) is 1.41. The number of rotatable bonds is 0. The molecule has 0 fully saturated rings. The van der Waals surface area contributed by atoms with Crippen molar-refractivity contribution in [3.8, 4) is 6.07 Å². The first-order valence-corrected chi connectivity index (χ1v) is 4.76. The summed E-state index contributed by atoms with van der Waals surface area (Å²) in [7, 11) is -2.85. The molecule has 0 bridgehead atoms. The fraction of sp³-hybridized carbons (Fsp3) is 0.500. The first-order chi connectivity index (χ1) is 4.64. The van der Waals surface area contributed by atoms with E-state index >= 15 is 0 Å². The zero-order valence-electron chi connectivity index (χ0n) is 5.37. The Kier molecular flexibility index (Phi) is 1.77. The van der Waals surface area contributed by atoms with Crippen molar-refractivity contribution in [2.75, 3.05) is 11.5 Å². The maximum Gasteiger partial charge on any atom is 0.154 e. The summed E-state index contributed by atoms with van der Waals surface area (Å²) in [6, 6.07) is 1.94. The van der Waals surface area contributed by atoms with Gasteiger partial charge in [-0.2, -0.15) is 5.26 Å². The summed E-state index contributed by atoms with van der Waals surface area (Å²) < 4.78 is 21.5. The Bertz CT molecular complexity index is 294. The van der Waals surface area contributed by atoms with Crippen molar-refractivity contribution in [1.82, 2.24) is 0 Å². The van der Waals surface area contributed by atoms with Crippen molar-refractivity contribution >= 4 is 9.84 Å². The maximum atomic E-state index is 10.8. The van der Waals surface area contributed by atoms with Gasteiger partial charge in [0.05, 0.1) is 17.6 Å². The van der Waals surface area contributed by atoms with Gasteiger partial charge in [0.1, 0.15) is 0 Å². The van der Waals surface area contributed by atoms with Crippen molar-refractivity contribution in [2.24, 2.45) is 0 Å². The van der Waals surface area contributed by atoms with Gasteiger partial charge in [-0.15, -0.1) is 0 Å². The molecule has 0 saturated heterocycles. The van der Waals surface area contributed by atoms with E-state index in [0.717, 1.165) is 0 Å². The van der Waals surface area contributed by atoms with Gasteiger partial charge in [-0.05, 0) is 6.42 Å². The van der Waals surface area contributed by atoms with Gasteiger partial charge < -0.3 is 0 Å². The predicted molar refractivity (Wildman–Crippen MR) is 37.0 cm³/mol. The van der Waals surface area contributed by atoms with Crippen LogP contribution in [0.4, 0.5) is 0 Å². The van der Waals surface area contributed by atoms with Crippen LogP contribution in [0.15, 0.2) is 11.6 Å². The zero-order chi connectivity index (χ0) is 7.61. The summed E-state index contributed by atoms with van der Waals surface area (Å²) in [5.74, 6) is 0.169. The number of sulfone groups is 1. The maximum absolute atomic E-state index is 10.8. The summed E-state index contributed by atoms with van der Waals surface area (Å²) >= 11 is 0. The molecule has 3 nitrogen and oxygen atoms in total. The SMILES string of the molecule is N#CC1=CCS(=O)(=O)CC1. The minimum Gasteiger partial charge on any atom is -0.229 e. The lowest BCUT2D eigenvalue weighted by Gasteiger charge is -2.06. The Balaban J connectivity index is 2.82. The van der Waals surface area contributed by atoms with Crippen LogP contribution < -0.4 is 0 Å². The van der Waals surface area contributed by atoms with Gasteiger partial charge >= 0.3 is 0 Å². The summed E-state index contributed by atoms with van der Waals surface area (Å²) in [6.07, 6.45) is 1.87. The van der Waals surface area contributed by atoms with E-state index in [1.54, 1.807) is 0 Å². The largest absolute Gasteiger partial charge is 0.229 e. The normalized spacial score (nSPS) is 22.9. The Hall–Kier alpha value is -0.820. The van der Waals surface area contributed by atoms with Crippen LogP contribution in [0.5, 0.6) is 0 Å². The van der Waals surface area contributed by atoms with Crippen LogP contribution in [-0.2, 0) is 9.84 Å². The molecule has 54 valence electrons. The monoisotopic (exact) mass is 157 g/mol. The smallest absolute Gasteiger partial charge is 0.154 e. The molecule has 0 atom stereocenters. The minimum atomic E-state index is -2.85. The van der Waals surface area contributed by atoms with Gasteiger partial charge in [-0.3, -0.25) is 0 Å². The van der Waals surface area contributed by atoms with Crippen molar-refractivity contribution < 1.29 is 8.42 Å². The lowest BCUT2D eigenvalue weighted by molar-refractivity contribution is 0.596. The third-order valence-corrected chi connectivity index (χ3v) is 2.91. The molecule has 0 N–H and O–H groups in total. The first kappa shape index (κ1) is 7.29. The van der Waals surface area contributed by atoms with Crippen LogP contribution in [0.1, 0.15) is 6.42 Å². The van der Waals surface area contributed by atoms with E-state index in [-0.39, 0.29) is 11.5 Å². The average molecular weight is 157 g/mol. The molecule has 0 spiro atoms. The van der Waals surface area contributed by atoms with Crippen molar-refractivity contribution in [3.05, 3.63) is 11.6 Å². The predicted octanol–water partition coefficient (Wildman–Crippen LogP) is 0.255. The van der Waals surface area contributed by atoms with Crippen LogP contribution >= 0.6 is 0 Å². The van der Waals surface area contributed by atoms with E-state index in [1.165, 1.54) is 6.08 Å². The van der Waals surface area contributed by atoms with Gasteiger partial charge in [0, 0.05) is 5.57 Å². The summed E-state index contributed by atoms with van der Waals surface area (Å²) in [5, 5.41) is 8.35. The second kappa shape index (κ2) is 2.43. The van der Waals surface area contributed by atoms with E-state index in [9.17, 15) is 8.42 Å². The molecular formula is C6H7NO2S. The number of hydrogen-bond donors (Lipinski definition) is 0. The van der Waals surface area contributed by atoms with Gasteiger partial charge in [0.15, 0.2) is 9.84 Å². The molecule has 0 saturated carbocycles. The van der Waals surface area contributed by atoms with Crippen LogP contribution in [0.2, 0.25) is 0 Å². The fourth-order valence-corrected chi connectivity index (χ4v) is 1.93. The zero-order valence-corrected chi connectivity index (χ0v) is 6.19. The Morgan fingerprint density at radius 2 is 2.30 bits per heavy atom. The quantitative estimate of drug-likeness (QED) is 0.506. The molecule has 0 amide bonds. The number of hydrogen-bond acceptors (Lipinski definition) is 3. The number of nitrogens with zero attached hydrogens (tertiary/aromatic N) is 1. The van der Waals surface area contributed by atoms with E-state index in [0.29, 0.717) is 12.0 Å². The van der Waals surface area contributed by atoms with Crippen molar-refractivity contribution in [2.45, 2.75) is 6.42 Å². The standard InChI is InChI=1S/C6H7NO2S/c7-5-6-1-3-10(8,9)4-2-6/h1H,2-4H2. The highest BCUT2D eigenvalue weighted by atomic mass is 32.2. The summed E-state index contributed by atoms with van der Waals surface area (Å²) in [4.78, 5) is 0. The Morgan fingerprint density at radius 1 is 1.60 bits per heavy atom. The fourth-order valence-electron chi connectivity index (χ4n) is 0.780. The Labute approximate surface area is 59.9 Å². The topological polar surface area (TPSA) is 57.9 Å². The molecule has 0 aliphatic carbocycles. The molecule has 0 aromatic heterocycles. The summed E-state index contributed by atoms with van der Waals surface area (Å²) in [5.41, 5.74) is 0.592. The highest BCUT2D eigenvalue weighted by molar-refractivity contribution is 7.91. The molecule has 1 aliphatic heterocycles. The van der Waals surface area contributed by atoms with Gasteiger partial charge in [0.2, 0.25) is 0 Å². The molecule has 1 heterocycles. The van der Waals surface area contributed by atoms with Crippen LogP contribution in [0.3, 0.4) is 0 Å². The molecule has 1 rings (SSSR count). The van der Waals surface area contributed by atoms with E-state index in [1.807, 2.05) is 6.07 Å². The lowest BCUT2D eigenvalue weighted by Crippen LogP contribution is -2.14. The molecule has 1 aliphatic rings. The average Bonchev–Trinajstić information content (AvgIpc) is 1.88. The summed E-state index contributed by atoms with van der Waals surface area (Å²) in [6.45, 7) is 0. The van der Waals surface area contributed by atoms with E-state index < -0.39 is 9.84 Å². The van der Waals surface area contributed by atoms with E-state index in [2.05, 4.69) is 0 Å². The molecule has 0 radical (unpaired) electrons. The van der Waals surface area contributed by atoms with Crippen LogP contribution in [0, 0.1) is 11.3 Å². The molecule has 4 heteroatoms. The van der Waals surface area contributed by atoms with Gasteiger partial charge in [0.25, 0.3) is 0 Å². The highest BCUT2D eigenvalue weighted by Gasteiger charge is 2.15. The van der Waals surface area contributed by atoms with Gasteiger partial charge in [-0.1, -0.05) is 6.08 Å².